The summed E-state index contributed by atoms with van der Waals surface area (Å²) in [4.78, 5) is 21.7. The molecule has 0 unspecified atom stereocenters. The van der Waals surface area contributed by atoms with Gasteiger partial charge >= 0.3 is 5.97 Å². The topological polar surface area (TPSA) is 43.4 Å². The predicted molar refractivity (Wildman–Crippen MR) is 58.4 cm³/mol. The zero-order valence-corrected chi connectivity index (χ0v) is 10.1. The monoisotopic (exact) mass is 262 g/mol. The second-order valence-electron chi connectivity index (χ2n) is 3.04. The Kier molecular flexibility index (Phi) is 7.38. The van der Waals surface area contributed by atoms with E-state index in [9.17, 15) is 9.59 Å². The van der Waals surface area contributed by atoms with E-state index in [4.69, 9.17) is 0 Å². The van der Waals surface area contributed by atoms with Crippen LogP contribution in [0.2, 0.25) is 0 Å². The van der Waals surface area contributed by atoms with Gasteiger partial charge in [0.05, 0.1) is 12.4 Å². The lowest BCUT2D eigenvalue weighted by Gasteiger charge is -1.99. The van der Waals surface area contributed by atoms with Gasteiger partial charge < -0.3 is 4.74 Å². The molecule has 3 nitrogen and oxygen atoms in total. The van der Waals surface area contributed by atoms with Gasteiger partial charge in [-0.05, 0) is 19.8 Å². The molecule has 0 spiro atoms. The number of allylic oxidation sites excluding steroid dienone is 1. The molecule has 80 valence electrons. The summed E-state index contributed by atoms with van der Waals surface area (Å²) in [5.41, 5.74) is 0.944. The highest BCUT2D eigenvalue weighted by molar-refractivity contribution is 9.09. The van der Waals surface area contributed by atoms with E-state index < -0.39 is 0 Å². The molecule has 0 saturated heterocycles. The molecule has 0 radical (unpaired) electrons. The average Bonchev–Trinajstić information content (AvgIpc) is 2.17. The number of hydrogen-bond acceptors (Lipinski definition) is 3. The number of hydrogen-bond donors (Lipinski definition) is 0. The summed E-state index contributed by atoms with van der Waals surface area (Å²) in [5, 5.41) is 0.409. The van der Waals surface area contributed by atoms with Crippen LogP contribution >= 0.6 is 15.9 Å². The van der Waals surface area contributed by atoms with Gasteiger partial charge in [-0.25, -0.2) is 4.79 Å². The standard InChI is InChI=1S/C10H15BrO3/c1-8(6-10(13)14-2)4-3-5-9(12)7-11/h6H,3-5,7H2,1-2H3/b8-6+. The van der Waals surface area contributed by atoms with Crippen molar-refractivity contribution in [2.45, 2.75) is 26.2 Å². The van der Waals surface area contributed by atoms with Gasteiger partial charge in [0.1, 0.15) is 5.78 Å². The quantitative estimate of drug-likeness (QED) is 0.419. The molecule has 0 rings (SSSR count). The third-order valence-electron chi connectivity index (χ3n) is 1.74. The van der Waals surface area contributed by atoms with E-state index in [2.05, 4.69) is 20.7 Å². The van der Waals surface area contributed by atoms with Gasteiger partial charge in [-0.2, -0.15) is 0 Å². The molecule has 0 bridgehead atoms. The van der Waals surface area contributed by atoms with Crippen LogP contribution in [-0.4, -0.2) is 24.2 Å². The maximum atomic E-state index is 10.9. The molecule has 0 atom stereocenters. The molecule has 0 saturated carbocycles. The summed E-state index contributed by atoms with van der Waals surface area (Å²) >= 11 is 3.10. The van der Waals surface area contributed by atoms with Crippen LogP contribution in [0.5, 0.6) is 0 Å². The Morgan fingerprint density at radius 2 is 2.00 bits per heavy atom. The van der Waals surface area contributed by atoms with Gasteiger partial charge in [0.2, 0.25) is 0 Å². The highest BCUT2D eigenvalue weighted by atomic mass is 79.9. The molecule has 0 amide bonds. The second-order valence-corrected chi connectivity index (χ2v) is 3.60. The Labute approximate surface area is 92.6 Å². The van der Waals surface area contributed by atoms with Crippen molar-refractivity contribution in [3.63, 3.8) is 0 Å². The first-order valence-corrected chi connectivity index (χ1v) is 5.55. The number of halogens is 1. The van der Waals surface area contributed by atoms with Crippen LogP contribution in [0.25, 0.3) is 0 Å². The predicted octanol–water partition coefficient (Wildman–Crippen LogP) is 2.24. The summed E-state index contributed by atoms with van der Waals surface area (Å²) < 4.78 is 4.48. The van der Waals surface area contributed by atoms with E-state index in [0.717, 1.165) is 18.4 Å². The fourth-order valence-corrected chi connectivity index (χ4v) is 1.24. The van der Waals surface area contributed by atoms with Crippen LogP contribution in [-0.2, 0) is 14.3 Å². The molecule has 0 aromatic heterocycles. The molecule has 0 fully saturated rings. The first-order valence-electron chi connectivity index (χ1n) is 4.43. The lowest BCUT2D eigenvalue weighted by Crippen LogP contribution is -1.99. The number of methoxy groups -OCH3 is 1. The Bertz CT molecular complexity index is 234. The number of Topliss-reactive ketones (excluding diaryl/α,β-unsaturated/α-hetero) is 1. The number of ether oxygens (including phenoxy) is 1. The largest absolute Gasteiger partial charge is 0.466 e. The molecule has 0 aromatic rings. The van der Waals surface area contributed by atoms with Crippen molar-refractivity contribution >= 4 is 27.7 Å². The number of esters is 1. The van der Waals surface area contributed by atoms with Crippen LogP contribution < -0.4 is 0 Å². The second kappa shape index (κ2) is 7.74. The first-order chi connectivity index (χ1) is 6.60. The van der Waals surface area contributed by atoms with Crippen molar-refractivity contribution in [2.24, 2.45) is 0 Å². The summed E-state index contributed by atoms with van der Waals surface area (Å²) in [7, 11) is 1.35. The lowest BCUT2D eigenvalue weighted by molar-refractivity contribution is -0.134. The van der Waals surface area contributed by atoms with Gasteiger partial charge in [0, 0.05) is 12.5 Å². The van der Waals surface area contributed by atoms with Crippen molar-refractivity contribution in [2.75, 3.05) is 12.4 Å². The van der Waals surface area contributed by atoms with E-state index >= 15 is 0 Å². The zero-order valence-electron chi connectivity index (χ0n) is 8.51. The molecule has 0 heterocycles. The van der Waals surface area contributed by atoms with Gasteiger partial charge in [-0.3, -0.25) is 4.79 Å². The number of carbonyl (C=O) groups excluding carboxylic acids is 2. The van der Waals surface area contributed by atoms with Crippen LogP contribution in [0.3, 0.4) is 0 Å². The van der Waals surface area contributed by atoms with Crippen LogP contribution in [0.4, 0.5) is 0 Å². The fourth-order valence-electron chi connectivity index (χ4n) is 0.963. The van der Waals surface area contributed by atoms with Crippen LogP contribution in [0.15, 0.2) is 11.6 Å². The molecule has 0 aliphatic rings. The number of rotatable bonds is 6. The highest BCUT2D eigenvalue weighted by Gasteiger charge is 2.00. The Morgan fingerprint density at radius 3 is 2.50 bits per heavy atom. The Hall–Kier alpha value is -0.640. The number of alkyl halides is 1. The van der Waals surface area contributed by atoms with Gasteiger partial charge in [0.15, 0.2) is 0 Å². The average molecular weight is 263 g/mol. The molecular formula is C10H15BrO3. The van der Waals surface area contributed by atoms with Crippen molar-refractivity contribution in [3.8, 4) is 0 Å². The van der Waals surface area contributed by atoms with Crippen molar-refractivity contribution in [1.82, 2.24) is 0 Å². The summed E-state index contributed by atoms with van der Waals surface area (Å²) in [5.74, 6) is -0.148. The minimum Gasteiger partial charge on any atom is -0.466 e. The lowest BCUT2D eigenvalue weighted by atomic mass is 10.1. The molecule has 4 heteroatoms. The minimum atomic E-state index is -0.339. The molecule has 14 heavy (non-hydrogen) atoms. The maximum Gasteiger partial charge on any atom is 0.330 e. The van der Waals surface area contributed by atoms with Gasteiger partial charge in [0.25, 0.3) is 0 Å². The smallest absolute Gasteiger partial charge is 0.330 e. The highest BCUT2D eigenvalue weighted by Crippen LogP contribution is 2.07. The van der Waals surface area contributed by atoms with E-state index in [-0.39, 0.29) is 11.8 Å². The Balaban J connectivity index is 3.73. The van der Waals surface area contributed by atoms with E-state index in [1.54, 1.807) is 0 Å². The van der Waals surface area contributed by atoms with Crippen LogP contribution in [0.1, 0.15) is 26.2 Å². The molecule has 0 aliphatic carbocycles. The molecule has 0 N–H and O–H groups in total. The van der Waals surface area contributed by atoms with Gasteiger partial charge in [-0.15, -0.1) is 0 Å². The van der Waals surface area contributed by atoms with Crippen molar-refractivity contribution in [3.05, 3.63) is 11.6 Å². The maximum absolute atomic E-state index is 10.9. The molecule has 0 aliphatic heterocycles. The normalized spacial score (nSPS) is 11.2. The summed E-state index contributed by atoms with van der Waals surface area (Å²) in [6.07, 6.45) is 3.55. The SMILES string of the molecule is COC(=O)/C=C(\C)CCCC(=O)CBr. The molecular weight excluding hydrogens is 248 g/mol. The van der Waals surface area contributed by atoms with Crippen molar-refractivity contribution in [1.29, 1.82) is 0 Å². The molecule has 0 aromatic carbocycles. The minimum absolute atomic E-state index is 0.191. The van der Waals surface area contributed by atoms with Crippen molar-refractivity contribution < 1.29 is 14.3 Å². The third kappa shape index (κ3) is 6.83. The zero-order chi connectivity index (χ0) is 11.0. The Morgan fingerprint density at radius 1 is 1.36 bits per heavy atom. The third-order valence-corrected chi connectivity index (χ3v) is 2.37. The van der Waals surface area contributed by atoms with E-state index in [1.807, 2.05) is 6.92 Å². The summed E-state index contributed by atoms with van der Waals surface area (Å²) in [6, 6.07) is 0. The first kappa shape index (κ1) is 13.4. The number of ketones is 1. The van der Waals surface area contributed by atoms with E-state index in [1.165, 1.54) is 13.2 Å². The fraction of sp³-hybridized carbons (Fsp3) is 0.600. The van der Waals surface area contributed by atoms with Gasteiger partial charge in [-0.1, -0.05) is 21.5 Å². The number of carbonyl (C=O) groups is 2. The summed E-state index contributed by atoms with van der Waals surface area (Å²) in [6.45, 7) is 1.86. The van der Waals surface area contributed by atoms with Crippen LogP contribution in [0, 0.1) is 0 Å². The van der Waals surface area contributed by atoms with E-state index in [0.29, 0.717) is 11.8 Å².